The van der Waals surface area contributed by atoms with Crippen LogP contribution < -0.4 is 9.47 Å². The molecule has 2 N–H and O–H groups in total. The maximum absolute atomic E-state index is 9.98. The molecule has 0 unspecified atom stereocenters. The average Bonchev–Trinajstić information content (AvgIpc) is 2.53. The molecule has 94 valence electrons. The fraction of sp³-hybridized carbons (Fsp3) is 0.538. The number of phenols is 1. The molecule has 0 aromatic heterocycles. The smallest absolute Gasteiger partial charge is 0.168 e. The van der Waals surface area contributed by atoms with Gasteiger partial charge < -0.3 is 19.7 Å². The molecule has 1 aromatic rings. The number of benzene rings is 1. The van der Waals surface area contributed by atoms with Gasteiger partial charge in [-0.3, -0.25) is 0 Å². The second kappa shape index (κ2) is 4.45. The van der Waals surface area contributed by atoms with Crippen molar-refractivity contribution in [1.29, 1.82) is 0 Å². The van der Waals surface area contributed by atoms with Gasteiger partial charge in [0.25, 0.3) is 0 Å². The zero-order chi connectivity index (χ0) is 12.5. The van der Waals surface area contributed by atoms with E-state index in [4.69, 9.17) is 9.47 Å². The van der Waals surface area contributed by atoms with Crippen molar-refractivity contribution < 1.29 is 19.7 Å². The topological polar surface area (TPSA) is 58.9 Å². The lowest BCUT2D eigenvalue weighted by Crippen LogP contribution is -2.23. The summed E-state index contributed by atoms with van der Waals surface area (Å²) < 4.78 is 11.2. The maximum atomic E-state index is 9.98. The summed E-state index contributed by atoms with van der Waals surface area (Å²) in [6, 6.07) is 3.28. The van der Waals surface area contributed by atoms with Crippen LogP contribution in [0.1, 0.15) is 25.8 Å². The molecule has 0 spiro atoms. The van der Waals surface area contributed by atoms with Crippen molar-refractivity contribution in [3.8, 4) is 17.2 Å². The van der Waals surface area contributed by atoms with Gasteiger partial charge in [-0.15, -0.1) is 0 Å². The molecular formula is C13H18O4. The van der Waals surface area contributed by atoms with E-state index in [2.05, 4.69) is 0 Å². The molecule has 0 amide bonds. The monoisotopic (exact) mass is 238 g/mol. The molecule has 0 aliphatic carbocycles. The molecule has 0 atom stereocenters. The summed E-state index contributed by atoms with van der Waals surface area (Å²) in [5.74, 6) is 1.33. The van der Waals surface area contributed by atoms with Crippen molar-refractivity contribution >= 4 is 0 Å². The molecule has 1 heterocycles. The Hall–Kier alpha value is -1.42. The number of fused-ring (bicyclic) bond motifs is 1. The molecule has 0 radical (unpaired) electrons. The van der Waals surface area contributed by atoms with E-state index in [0.717, 1.165) is 6.42 Å². The molecular weight excluding hydrogens is 220 g/mol. The molecule has 4 heteroatoms. The molecule has 4 nitrogen and oxygen atoms in total. The van der Waals surface area contributed by atoms with Crippen LogP contribution >= 0.6 is 0 Å². The van der Waals surface area contributed by atoms with E-state index in [-0.39, 0.29) is 12.4 Å². The van der Waals surface area contributed by atoms with Crippen LogP contribution in [-0.4, -0.2) is 30.0 Å². The number of aliphatic hydroxyl groups excluding tert-OH is 1. The van der Waals surface area contributed by atoms with Crippen LogP contribution in [0.5, 0.6) is 17.2 Å². The minimum Gasteiger partial charge on any atom is -0.508 e. The van der Waals surface area contributed by atoms with Crippen molar-refractivity contribution in [3.63, 3.8) is 0 Å². The van der Waals surface area contributed by atoms with Gasteiger partial charge in [-0.2, -0.15) is 0 Å². The van der Waals surface area contributed by atoms with E-state index in [1.54, 1.807) is 12.1 Å². The Morgan fingerprint density at radius 2 is 1.94 bits per heavy atom. The van der Waals surface area contributed by atoms with Gasteiger partial charge in [-0.1, -0.05) is 13.8 Å². The van der Waals surface area contributed by atoms with Gasteiger partial charge in [0, 0.05) is 17.4 Å². The van der Waals surface area contributed by atoms with Gasteiger partial charge in [0.15, 0.2) is 11.5 Å². The summed E-state index contributed by atoms with van der Waals surface area (Å²) in [6.45, 7) is 4.81. The van der Waals surface area contributed by atoms with Crippen LogP contribution in [0.15, 0.2) is 12.1 Å². The Balaban J connectivity index is 2.57. The van der Waals surface area contributed by atoms with E-state index in [1.165, 1.54) is 0 Å². The lowest BCUT2D eigenvalue weighted by Gasteiger charge is -2.26. The summed E-state index contributed by atoms with van der Waals surface area (Å²) in [6.07, 6.45) is 0.814. The van der Waals surface area contributed by atoms with Gasteiger partial charge >= 0.3 is 0 Å². The Morgan fingerprint density at radius 3 is 2.65 bits per heavy atom. The van der Waals surface area contributed by atoms with Crippen molar-refractivity contribution in [2.45, 2.75) is 25.7 Å². The Morgan fingerprint density at radius 1 is 1.24 bits per heavy atom. The van der Waals surface area contributed by atoms with Crippen molar-refractivity contribution in [3.05, 3.63) is 17.7 Å². The Bertz CT molecular complexity index is 412. The minimum atomic E-state index is -0.566. The molecule has 17 heavy (non-hydrogen) atoms. The quantitative estimate of drug-likeness (QED) is 0.825. The SMILES string of the molecule is CC(C)(CO)c1c(O)ccc2c1OCCCO2. The molecule has 1 aliphatic heterocycles. The highest BCUT2D eigenvalue weighted by atomic mass is 16.5. The molecule has 0 saturated carbocycles. The van der Waals surface area contributed by atoms with E-state index in [9.17, 15) is 10.2 Å². The number of aliphatic hydroxyl groups is 1. The number of hydrogen-bond acceptors (Lipinski definition) is 4. The summed E-state index contributed by atoms with van der Waals surface area (Å²) in [5, 5.41) is 19.4. The van der Waals surface area contributed by atoms with Crippen LogP contribution in [0.3, 0.4) is 0 Å². The van der Waals surface area contributed by atoms with Gasteiger partial charge in [-0.05, 0) is 12.1 Å². The maximum Gasteiger partial charge on any atom is 0.168 e. The third kappa shape index (κ3) is 2.17. The fourth-order valence-corrected chi connectivity index (χ4v) is 1.96. The van der Waals surface area contributed by atoms with Crippen LogP contribution in [0, 0.1) is 0 Å². The standard InChI is InChI=1S/C13H18O4/c1-13(2,8-14)11-9(15)4-5-10-12(11)17-7-3-6-16-10/h4-5,14-15H,3,6-8H2,1-2H3. The highest BCUT2D eigenvalue weighted by Gasteiger charge is 2.30. The van der Waals surface area contributed by atoms with E-state index in [1.807, 2.05) is 13.8 Å². The lowest BCUT2D eigenvalue weighted by molar-refractivity contribution is 0.208. The number of aromatic hydroxyl groups is 1. The highest BCUT2D eigenvalue weighted by molar-refractivity contribution is 5.56. The summed E-state index contributed by atoms with van der Waals surface area (Å²) in [7, 11) is 0. The number of rotatable bonds is 2. The van der Waals surface area contributed by atoms with Gasteiger partial charge in [0.05, 0.1) is 19.8 Å². The van der Waals surface area contributed by atoms with Gasteiger partial charge in [-0.25, -0.2) is 0 Å². The lowest BCUT2D eigenvalue weighted by atomic mass is 9.84. The largest absolute Gasteiger partial charge is 0.508 e. The molecule has 0 bridgehead atoms. The van der Waals surface area contributed by atoms with Gasteiger partial charge in [0.1, 0.15) is 5.75 Å². The molecule has 2 rings (SSSR count). The van der Waals surface area contributed by atoms with Crippen LogP contribution in [0.2, 0.25) is 0 Å². The first-order valence-corrected chi connectivity index (χ1v) is 5.79. The van der Waals surface area contributed by atoms with Crippen LogP contribution in [-0.2, 0) is 5.41 Å². The number of ether oxygens (including phenoxy) is 2. The van der Waals surface area contributed by atoms with Crippen molar-refractivity contribution in [1.82, 2.24) is 0 Å². The van der Waals surface area contributed by atoms with E-state index in [0.29, 0.717) is 30.3 Å². The fourth-order valence-electron chi connectivity index (χ4n) is 1.96. The molecule has 0 saturated heterocycles. The first-order chi connectivity index (χ1) is 8.06. The predicted molar refractivity (Wildman–Crippen MR) is 63.8 cm³/mol. The zero-order valence-electron chi connectivity index (χ0n) is 10.2. The summed E-state index contributed by atoms with van der Waals surface area (Å²) in [4.78, 5) is 0. The molecule has 0 fully saturated rings. The summed E-state index contributed by atoms with van der Waals surface area (Å²) in [5.41, 5.74) is 0.0442. The average molecular weight is 238 g/mol. The van der Waals surface area contributed by atoms with Crippen LogP contribution in [0.25, 0.3) is 0 Å². The normalized spacial score (nSPS) is 15.5. The third-order valence-corrected chi connectivity index (χ3v) is 2.96. The van der Waals surface area contributed by atoms with Gasteiger partial charge in [0.2, 0.25) is 0 Å². The highest BCUT2D eigenvalue weighted by Crippen LogP contribution is 2.44. The van der Waals surface area contributed by atoms with Crippen molar-refractivity contribution in [2.24, 2.45) is 0 Å². The Kier molecular flexibility index (Phi) is 3.15. The van der Waals surface area contributed by atoms with Crippen molar-refractivity contribution in [2.75, 3.05) is 19.8 Å². The number of phenolic OH excluding ortho intramolecular Hbond substituents is 1. The second-order valence-electron chi connectivity index (χ2n) is 4.88. The third-order valence-electron chi connectivity index (χ3n) is 2.96. The zero-order valence-corrected chi connectivity index (χ0v) is 10.2. The Labute approximate surface area is 101 Å². The molecule has 1 aromatic carbocycles. The summed E-state index contributed by atoms with van der Waals surface area (Å²) >= 11 is 0. The van der Waals surface area contributed by atoms with Crippen LogP contribution in [0.4, 0.5) is 0 Å². The number of hydrogen-bond donors (Lipinski definition) is 2. The first-order valence-electron chi connectivity index (χ1n) is 5.79. The minimum absolute atomic E-state index is 0.0691. The second-order valence-corrected chi connectivity index (χ2v) is 4.88. The first kappa shape index (κ1) is 12.0. The predicted octanol–water partition coefficient (Wildman–Crippen LogP) is 1.82. The molecule has 1 aliphatic rings. The van der Waals surface area contributed by atoms with E-state index < -0.39 is 5.41 Å². The van der Waals surface area contributed by atoms with E-state index >= 15 is 0 Å².